The summed E-state index contributed by atoms with van der Waals surface area (Å²) >= 11 is 4.27. The van der Waals surface area contributed by atoms with Crippen LogP contribution in [0.25, 0.3) is 6.08 Å². The molecule has 0 radical (unpaired) electrons. The van der Waals surface area contributed by atoms with E-state index in [-0.39, 0.29) is 23.8 Å². The first kappa shape index (κ1) is 19.5. The monoisotopic (exact) mass is 427 g/mol. The Morgan fingerprint density at radius 3 is 2.76 bits per heavy atom. The van der Waals surface area contributed by atoms with E-state index >= 15 is 0 Å². The van der Waals surface area contributed by atoms with Crippen LogP contribution in [-0.2, 0) is 14.3 Å². The van der Waals surface area contributed by atoms with Crippen molar-refractivity contribution in [2.24, 2.45) is 0 Å². The summed E-state index contributed by atoms with van der Waals surface area (Å²) in [6, 6.07) is 5.03. The van der Waals surface area contributed by atoms with Gasteiger partial charge < -0.3 is 9.47 Å². The third-order valence-corrected chi connectivity index (χ3v) is 5.06. The SMILES string of the molecule is CC[C@@H](C)N1C(=O)S/C(=C/c2cc(Br)ccc2OCC(=O)OC)C1=O. The van der Waals surface area contributed by atoms with Crippen LogP contribution in [0, 0.1) is 0 Å². The molecule has 1 heterocycles. The zero-order valence-corrected chi connectivity index (χ0v) is 16.5. The highest BCUT2D eigenvalue weighted by Crippen LogP contribution is 2.36. The average Bonchev–Trinajstić information content (AvgIpc) is 2.86. The first-order valence-corrected chi connectivity index (χ1v) is 9.24. The summed E-state index contributed by atoms with van der Waals surface area (Å²) in [5, 5.41) is -0.280. The van der Waals surface area contributed by atoms with E-state index in [1.165, 1.54) is 12.0 Å². The molecule has 1 aliphatic rings. The van der Waals surface area contributed by atoms with Gasteiger partial charge in [0.05, 0.1) is 12.0 Å². The maximum atomic E-state index is 12.5. The summed E-state index contributed by atoms with van der Waals surface area (Å²) in [5.41, 5.74) is 0.591. The van der Waals surface area contributed by atoms with Crippen LogP contribution in [0.3, 0.4) is 0 Å². The normalized spacial score (nSPS) is 17.1. The minimum Gasteiger partial charge on any atom is -0.481 e. The van der Waals surface area contributed by atoms with E-state index in [2.05, 4.69) is 20.7 Å². The molecule has 25 heavy (non-hydrogen) atoms. The number of rotatable bonds is 6. The Labute approximate surface area is 158 Å². The van der Waals surface area contributed by atoms with Crippen molar-refractivity contribution in [2.75, 3.05) is 13.7 Å². The Kier molecular flexibility index (Phi) is 6.66. The van der Waals surface area contributed by atoms with Gasteiger partial charge in [-0.25, -0.2) is 4.79 Å². The molecule has 134 valence electrons. The third kappa shape index (κ3) is 4.64. The minimum atomic E-state index is -0.508. The van der Waals surface area contributed by atoms with Gasteiger partial charge in [-0.3, -0.25) is 14.5 Å². The second kappa shape index (κ2) is 8.53. The first-order valence-electron chi connectivity index (χ1n) is 7.63. The van der Waals surface area contributed by atoms with E-state index < -0.39 is 5.97 Å². The largest absolute Gasteiger partial charge is 0.481 e. The maximum Gasteiger partial charge on any atom is 0.343 e. The molecule has 2 amide bonds. The molecule has 0 spiro atoms. The number of methoxy groups -OCH3 is 1. The lowest BCUT2D eigenvalue weighted by Gasteiger charge is -2.19. The van der Waals surface area contributed by atoms with E-state index in [1.807, 2.05) is 13.8 Å². The van der Waals surface area contributed by atoms with Gasteiger partial charge in [0.15, 0.2) is 6.61 Å². The van der Waals surface area contributed by atoms with Crippen molar-refractivity contribution in [2.45, 2.75) is 26.3 Å². The van der Waals surface area contributed by atoms with Gasteiger partial charge in [-0.05, 0) is 49.4 Å². The van der Waals surface area contributed by atoms with E-state index in [1.54, 1.807) is 24.3 Å². The van der Waals surface area contributed by atoms with Gasteiger partial charge in [0.25, 0.3) is 11.1 Å². The molecule has 0 bridgehead atoms. The highest BCUT2D eigenvalue weighted by Gasteiger charge is 2.37. The van der Waals surface area contributed by atoms with Crippen LogP contribution in [0.4, 0.5) is 4.79 Å². The van der Waals surface area contributed by atoms with Crippen molar-refractivity contribution in [3.05, 3.63) is 33.1 Å². The fourth-order valence-electron chi connectivity index (χ4n) is 2.14. The smallest absolute Gasteiger partial charge is 0.343 e. The van der Waals surface area contributed by atoms with Crippen molar-refractivity contribution >= 4 is 50.9 Å². The zero-order chi connectivity index (χ0) is 18.6. The number of halogens is 1. The van der Waals surface area contributed by atoms with Crippen molar-refractivity contribution in [1.82, 2.24) is 4.90 Å². The first-order chi connectivity index (χ1) is 11.9. The molecule has 0 aromatic heterocycles. The van der Waals surface area contributed by atoms with Crippen LogP contribution in [0.2, 0.25) is 0 Å². The summed E-state index contributed by atoms with van der Waals surface area (Å²) in [7, 11) is 1.28. The second-order valence-electron chi connectivity index (χ2n) is 5.36. The molecular weight excluding hydrogens is 410 g/mol. The topological polar surface area (TPSA) is 72.9 Å². The summed E-state index contributed by atoms with van der Waals surface area (Å²) < 4.78 is 10.8. The lowest BCUT2D eigenvalue weighted by atomic mass is 10.1. The standard InChI is InChI=1S/C17H18BrNO5S/c1-4-10(2)19-16(21)14(25-17(19)22)8-11-7-12(18)5-6-13(11)24-9-15(20)23-3/h5-8,10H,4,9H2,1-3H3/b14-8+/t10-/m1/s1. The summed E-state index contributed by atoms with van der Waals surface area (Å²) in [5.74, 6) is -0.404. The number of esters is 1. The molecule has 0 N–H and O–H groups in total. The molecule has 8 heteroatoms. The van der Waals surface area contributed by atoms with Gasteiger partial charge in [0.1, 0.15) is 5.75 Å². The molecule has 1 fully saturated rings. The Balaban J connectivity index is 2.30. The molecule has 2 rings (SSSR count). The number of thioether (sulfide) groups is 1. The Bertz CT molecular complexity index is 734. The minimum absolute atomic E-state index is 0.157. The molecule has 1 aromatic rings. The van der Waals surface area contributed by atoms with Crippen molar-refractivity contribution in [1.29, 1.82) is 0 Å². The molecule has 0 aliphatic carbocycles. The van der Waals surface area contributed by atoms with Gasteiger partial charge in [0.2, 0.25) is 0 Å². The second-order valence-corrected chi connectivity index (χ2v) is 7.26. The zero-order valence-electron chi connectivity index (χ0n) is 14.1. The van der Waals surface area contributed by atoms with E-state index in [0.717, 1.165) is 16.2 Å². The molecule has 0 unspecified atom stereocenters. The molecule has 1 aliphatic heterocycles. The highest BCUT2D eigenvalue weighted by atomic mass is 79.9. The van der Waals surface area contributed by atoms with Crippen molar-refractivity contribution in [3.8, 4) is 5.75 Å². The number of carbonyl (C=O) groups excluding carboxylic acids is 3. The summed E-state index contributed by atoms with van der Waals surface area (Å²) in [6.45, 7) is 3.52. The number of carbonyl (C=O) groups is 3. The van der Waals surface area contributed by atoms with Gasteiger partial charge >= 0.3 is 5.97 Å². The van der Waals surface area contributed by atoms with Crippen molar-refractivity contribution < 1.29 is 23.9 Å². The fraction of sp³-hybridized carbons (Fsp3) is 0.353. The number of hydrogen-bond acceptors (Lipinski definition) is 6. The lowest BCUT2D eigenvalue weighted by molar-refractivity contribution is -0.142. The number of hydrogen-bond donors (Lipinski definition) is 0. The van der Waals surface area contributed by atoms with Gasteiger partial charge in [-0.1, -0.05) is 22.9 Å². The number of imide groups is 1. The summed E-state index contributed by atoms with van der Waals surface area (Å²) in [4.78, 5) is 37.5. The highest BCUT2D eigenvalue weighted by molar-refractivity contribution is 9.10. The number of amides is 2. The van der Waals surface area contributed by atoms with Crippen LogP contribution >= 0.6 is 27.7 Å². The molecule has 1 atom stereocenters. The van der Waals surface area contributed by atoms with E-state index in [9.17, 15) is 14.4 Å². The third-order valence-electron chi connectivity index (χ3n) is 3.69. The van der Waals surface area contributed by atoms with Gasteiger partial charge in [-0.2, -0.15) is 0 Å². The lowest BCUT2D eigenvalue weighted by Crippen LogP contribution is -2.36. The van der Waals surface area contributed by atoms with Crippen molar-refractivity contribution in [3.63, 3.8) is 0 Å². The number of ether oxygens (including phenoxy) is 2. The van der Waals surface area contributed by atoms with Crippen LogP contribution in [0.1, 0.15) is 25.8 Å². The van der Waals surface area contributed by atoms with Crippen LogP contribution in [0.15, 0.2) is 27.6 Å². The predicted molar refractivity (Wildman–Crippen MR) is 99.2 cm³/mol. The van der Waals surface area contributed by atoms with E-state index in [4.69, 9.17) is 4.74 Å². The Hall–Kier alpha value is -1.80. The number of nitrogens with zero attached hydrogens (tertiary/aromatic N) is 1. The fourth-order valence-corrected chi connectivity index (χ4v) is 3.44. The molecule has 1 saturated heterocycles. The van der Waals surface area contributed by atoms with Gasteiger partial charge in [-0.15, -0.1) is 0 Å². The molecule has 6 nitrogen and oxygen atoms in total. The van der Waals surface area contributed by atoms with E-state index in [0.29, 0.717) is 22.6 Å². The Morgan fingerprint density at radius 1 is 1.40 bits per heavy atom. The number of benzene rings is 1. The predicted octanol–water partition coefficient (Wildman–Crippen LogP) is 3.84. The molecule has 1 aromatic carbocycles. The average molecular weight is 428 g/mol. The van der Waals surface area contributed by atoms with Crippen LogP contribution in [-0.4, -0.2) is 41.8 Å². The summed E-state index contributed by atoms with van der Waals surface area (Å²) in [6.07, 6.45) is 2.29. The quantitative estimate of drug-likeness (QED) is 0.507. The van der Waals surface area contributed by atoms with Crippen LogP contribution < -0.4 is 4.74 Å². The van der Waals surface area contributed by atoms with Crippen LogP contribution in [0.5, 0.6) is 5.75 Å². The molecule has 0 saturated carbocycles. The maximum absolute atomic E-state index is 12.5. The van der Waals surface area contributed by atoms with Gasteiger partial charge in [0, 0.05) is 16.1 Å². The Morgan fingerprint density at radius 2 is 2.12 bits per heavy atom. The molecular formula is C17H18BrNO5S.